The van der Waals surface area contributed by atoms with Crippen molar-refractivity contribution in [3.63, 3.8) is 0 Å². The molecule has 2 aromatic carbocycles. The molecular weight excluding hydrogens is 441 g/mol. The Hall–Kier alpha value is -2.56. The molecular formula is C21H18FN3O4S2. The van der Waals surface area contributed by atoms with Crippen molar-refractivity contribution in [2.24, 2.45) is 11.3 Å². The number of aromatic nitrogens is 1. The van der Waals surface area contributed by atoms with Gasteiger partial charge in [-0.05, 0) is 42.2 Å². The highest BCUT2D eigenvalue weighted by atomic mass is 32.2. The molecule has 3 aromatic rings. The molecule has 31 heavy (non-hydrogen) atoms. The number of hydrogen-bond donors (Lipinski definition) is 1. The van der Waals surface area contributed by atoms with E-state index in [0.29, 0.717) is 36.4 Å². The number of ether oxygens (including phenoxy) is 1. The number of halogens is 1. The largest absolute Gasteiger partial charge is 0.493 e. The number of rotatable bonds is 4. The Kier molecular flexibility index (Phi) is 4.00. The quantitative estimate of drug-likeness (QED) is 0.648. The number of hydrogen-bond acceptors (Lipinski definition) is 6. The molecule has 1 aromatic heterocycles. The Labute approximate surface area is 181 Å². The zero-order valence-corrected chi connectivity index (χ0v) is 17.9. The molecule has 3 aliphatic rings. The van der Waals surface area contributed by atoms with Crippen LogP contribution in [0.3, 0.4) is 0 Å². The van der Waals surface area contributed by atoms with Crippen molar-refractivity contribution in [1.29, 1.82) is 0 Å². The molecule has 0 spiro atoms. The van der Waals surface area contributed by atoms with Crippen LogP contribution in [0.25, 0.3) is 10.2 Å². The summed E-state index contributed by atoms with van der Waals surface area (Å²) in [6.07, 6.45) is 1.18. The molecule has 6 rings (SSSR count). The lowest BCUT2D eigenvalue weighted by Crippen LogP contribution is -2.36. The van der Waals surface area contributed by atoms with Gasteiger partial charge in [0.15, 0.2) is 0 Å². The fraction of sp³-hybridized carbons (Fsp3) is 0.333. The highest BCUT2D eigenvalue weighted by Gasteiger charge is 2.66. The van der Waals surface area contributed by atoms with Crippen molar-refractivity contribution < 1.29 is 22.3 Å². The third-order valence-corrected chi connectivity index (χ3v) is 9.15. The molecule has 2 aliphatic heterocycles. The summed E-state index contributed by atoms with van der Waals surface area (Å²) < 4.78 is 48.5. The number of anilines is 1. The molecule has 3 heterocycles. The van der Waals surface area contributed by atoms with Crippen molar-refractivity contribution >= 4 is 43.2 Å². The summed E-state index contributed by atoms with van der Waals surface area (Å²) in [4.78, 5) is 17.0. The fourth-order valence-corrected chi connectivity index (χ4v) is 6.99. The molecule has 0 bridgehead atoms. The second kappa shape index (κ2) is 6.47. The smallest absolute Gasteiger partial charge is 0.246 e. The Morgan fingerprint density at radius 1 is 1.32 bits per heavy atom. The predicted octanol–water partition coefficient (Wildman–Crippen LogP) is 3.02. The number of nitrogens with one attached hydrogen (secondary N) is 1. The van der Waals surface area contributed by atoms with Gasteiger partial charge in [-0.2, -0.15) is 4.31 Å². The summed E-state index contributed by atoms with van der Waals surface area (Å²) in [5.74, 6) is -0.691. The zero-order valence-electron chi connectivity index (χ0n) is 16.3. The van der Waals surface area contributed by atoms with Crippen molar-refractivity contribution in [2.45, 2.75) is 17.7 Å². The van der Waals surface area contributed by atoms with Crippen LogP contribution < -0.4 is 10.1 Å². The molecule has 1 saturated heterocycles. The maximum atomic E-state index is 14.6. The molecule has 2 fully saturated rings. The molecule has 2 atom stereocenters. The third-order valence-electron chi connectivity index (χ3n) is 6.52. The Morgan fingerprint density at radius 2 is 2.19 bits per heavy atom. The lowest BCUT2D eigenvalue weighted by Gasteiger charge is -2.21. The van der Waals surface area contributed by atoms with Gasteiger partial charge < -0.3 is 10.1 Å². The first-order chi connectivity index (χ1) is 14.9. The van der Waals surface area contributed by atoms with Gasteiger partial charge in [-0.15, -0.1) is 11.3 Å². The number of sulfonamides is 1. The van der Waals surface area contributed by atoms with E-state index in [2.05, 4.69) is 10.3 Å². The molecule has 0 radical (unpaired) electrons. The first kappa shape index (κ1) is 19.1. The number of carbonyl (C=O) groups is 1. The van der Waals surface area contributed by atoms with E-state index < -0.39 is 21.3 Å². The normalized spacial score (nSPS) is 24.6. The molecule has 1 N–H and O–H groups in total. The minimum Gasteiger partial charge on any atom is -0.493 e. The number of thiazole rings is 1. The summed E-state index contributed by atoms with van der Waals surface area (Å²) in [5.41, 5.74) is 3.11. The summed E-state index contributed by atoms with van der Waals surface area (Å²) >= 11 is 1.52. The lowest BCUT2D eigenvalue weighted by atomic mass is 10.1. The lowest BCUT2D eigenvalue weighted by molar-refractivity contribution is -0.121. The first-order valence-electron chi connectivity index (χ1n) is 9.97. The van der Waals surface area contributed by atoms with Crippen LogP contribution in [-0.4, -0.2) is 43.3 Å². The van der Waals surface area contributed by atoms with E-state index in [1.807, 2.05) is 18.2 Å². The minimum atomic E-state index is -4.05. The molecule has 10 heteroatoms. The number of amides is 1. The number of benzene rings is 2. The van der Waals surface area contributed by atoms with Gasteiger partial charge in [-0.3, -0.25) is 4.79 Å². The van der Waals surface area contributed by atoms with Gasteiger partial charge in [-0.1, -0.05) is 0 Å². The van der Waals surface area contributed by atoms with Crippen molar-refractivity contribution in [1.82, 2.24) is 9.29 Å². The van der Waals surface area contributed by atoms with Crippen LogP contribution in [0.4, 0.5) is 10.1 Å². The van der Waals surface area contributed by atoms with Crippen LogP contribution in [0.15, 0.2) is 40.7 Å². The van der Waals surface area contributed by atoms with E-state index >= 15 is 0 Å². The van der Waals surface area contributed by atoms with Gasteiger partial charge in [0.05, 0.1) is 27.7 Å². The SMILES string of the molecule is O=C(Nc1ccc2scnc2c1)C12CC1CN(S(=O)(=O)c1cc3c(cc1F)OCC3)C2. The molecule has 7 nitrogen and oxygen atoms in total. The van der Waals surface area contributed by atoms with Crippen LogP contribution in [0.2, 0.25) is 0 Å². The summed E-state index contributed by atoms with van der Waals surface area (Å²) in [6, 6.07) is 8.04. The monoisotopic (exact) mass is 459 g/mol. The minimum absolute atomic E-state index is 0.0534. The van der Waals surface area contributed by atoms with Crippen molar-refractivity contribution in [3.8, 4) is 5.75 Å². The molecule has 1 saturated carbocycles. The van der Waals surface area contributed by atoms with Gasteiger partial charge in [0, 0.05) is 31.3 Å². The maximum absolute atomic E-state index is 14.6. The van der Waals surface area contributed by atoms with Crippen molar-refractivity contribution in [2.75, 3.05) is 25.0 Å². The molecule has 160 valence electrons. The summed E-state index contributed by atoms with van der Waals surface area (Å²) in [5, 5.41) is 2.92. The molecule has 1 amide bonds. The Morgan fingerprint density at radius 3 is 3.06 bits per heavy atom. The van der Waals surface area contributed by atoms with E-state index in [4.69, 9.17) is 4.74 Å². The number of nitrogens with zero attached hydrogens (tertiary/aromatic N) is 2. The maximum Gasteiger partial charge on any atom is 0.246 e. The standard InChI is InChI=1S/C21H18FN3O4S2/c22-15-7-17-12(3-4-29-17)5-19(15)31(27,28)25-9-13-8-21(13,10-25)20(26)24-14-1-2-18-16(6-14)23-11-30-18/h1-2,5-7,11,13H,3-4,8-10H2,(H,24,26). The van der Waals surface area contributed by atoms with E-state index in [9.17, 15) is 17.6 Å². The summed E-state index contributed by atoms with van der Waals surface area (Å²) in [7, 11) is -4.05. The van der Waals surface area contributed by atoms with Gasteiger partial charge in [-0.25, -0.2) is 17.8 Å². The van der Waals surface area contributed by atoms with E-state index in [-0.39, 0.29) is 29.8 Å². The van der Waals surface area contributed by atoms with Gasteiger partial charge >= 0.3 is 0 Å². The second-order valence-corrected chi connectivity index (χ2v) is 11.1. The molecule has 1 aliphatic carbocycles. The molecule has 2 unspecified atom stereocenters. The van der Waals surface area contributed by atoms with Gasteiger partial charge in [0.25, 0.3) is 0 Å². The van der Waals surface area contributed by atoms with E-state index in [0.717, 1.165) is 16.3 Å². The highest BCUT2D eigenvalue weighted by molar-refractivity contribution is 7.89. The van der Waals surface area contributed by atoms with Crippen LogP contribution in [0.5, 0.6) is 5.75 Å². The highest BCUT2D eigenvalue weighted by Crippen LogP contribution is 2.59. The van der Waals surface area contributed by atoms with Crippen molar-refractivity contribution in [3.05, 3.63) is 47.2 Å². The fourth-order valence-electron chi connectivity index (χ4n) is 4.68. The summed E-state index contributed by atoms with van der Waals surface area (Å²) in [6.45, 7) is 0.686. The Balaban J connectivity index is 1.24. The van der Waals surface area contributed by atoms with E-state index in [1.54, 1.807) is 5.51 Å². The average Bonchev–Trinajstić information content (AvgIpc) is 3.16. The van der Waals surface area contributed by atoms with Crippen LogP contribution >= 0.6 is 11.3 Å². The number of carbonyl (C=O) groups excluding carboxylic acids is 1. The third kappa shape index (κ3) is 2.89. The topological polar surface area (TPSA) is 88.6 Å². The number of piperidine rings is 1. The van der Waals surface area contributed by atoms with E-state index in [1.165, 1.54) is 21.7 Å². The van der Waals surface area contributed by atoms with Crippen LogP contribution in [-0.2, 0) is 21.2 Å². The predicted molar refractivity (Wildman–Crippen MR) is 113 cm³/mol. The van der Waals surface area contributed by atoms with Gasteiger partial charge in [0.1, 0.15) is 16.5 Å². The van der Waals surface area contributed by atoms with Gasteiger partial charge in [0.2, 0.25) is 15.9 Å². The second-order valence-electron chi connectivity index (χ2n) is 8.33. The van der Waals surface area contributed by atoms with Crippen LogP contribution in [0, 0.1) is 17.2 Å². The Bertz CT molecular complexity index is 1360. The average molecular weight is 460 g/mol. The van der Waals surface area contributed by atoms with Crippen LogP contribution in [0.1, 0.15) is 12.0 Å². The number of fused-ring (bicyclic) bond motifs is 3. The first-order valence-corrected chi connectivity index (χ1v) is 12.3. The zero-order chi connectivity index (χ0) is 21.4.